The molecule has 6 nitrogen and oxygen atoms in total. The lowest BCUT2D eigenvalue weighted by atomic mass is 9.52. The summed E-state index contributed by atoms with van der Waals surface area (Å²) in [6.45, 7) is 10.9. The van der Waals surface area contributed by atoms with Gasteiger partial charge >= 0.3 is 0 Å². The minimum absolute atomic E-state index is 0.350. The van der Waals surface area contributed by atoms with Gasteiger partial charge in [0.1, 0.15) is 5.82 Å². The molecule has 166 valence electrons. The summed E-state index contributed by atoms with van der Waals surface area (Å²) in [7, 11) is 0. The Morgan fingerprint density at radius 1 is 1.07 bits per heavy atom. The molecule has 0 radical (unpaired) electrons. The van der Waals surface area contributed by atoms with E-state index in [1.165, 1.54) is 44.2 Å². The Bertz CT molecular complexity index is 738. The van der Waals surface area contributed by atoms with Crippen LogP contribution < -0.4 is 16.0 Å². The van der Waals surface area contributed by atoms with Crippen LogP contribution in [-0.4, -0.2) is 66.4 Å². The first-order valence-electron chi connectivity index (χ1n) is 12.0. The summed E-state index contributed by atoms with van der Waals surface area (Å²) in [4.78, 5) is 10.1. The zero-order valence-electron chi connectivity index (χ0n) is 18.9. The van der Waals surface area contributed by atoms with Crippen molar-refractivity contribution in [1.29, 1.82) is 0 Å². The van der Waals surface area contributed by atoms with Gasteiger partial charge in [0, 0.05) is 44.3 Å². The molecule has 2 atom stereocenters. The molecule has 0 amide bonds. The monoisotopic (exact) mass is 413 g/mol. The number of nitrogens with one attached hydrogen (secondary N) is 1. The third-order valence-corrected chi connectivity index (χ3v) is 7.93. The second-order valence-corrected chi connectivity index (χ2v) is 10.6. The van der Waals surface area contributed by atoms with Crippen molar-refractivity contribution in [3.63, 3.8) is 0 Å². The highest BCUT2D eigenvalue weighted by Gasteiger charge is 2.51. The van der Waals surface area contributed by atoms with Crippen molar-refractivity contribution in [1.82, 2.24) is 9.88 Å². The third-order valence-electron chi connectivity index (χ3n) is 7.93. The van der Waals surface area contributed by atoms with Crippen LogP contribution in [0.1, 0.15) is 58.1 Å². The van der Waals surface area contributed by atoms with E-state index in [9.17, 15) is 0 Å². The Kier molecular flexibility index (Phi) is 5.44. The number of nitrogens with zero attached hydrogens (tertiary/aromatic N) is 3. The number of morpholine rings is 1. The minimum atomic E-state index is 0.350. The average Bonchev–Trinajstić information content (AvgIpc) is 2.66. The topological polar surface area (TPSA) is 66.7 Å². The van der Waals surface area contributed by atoms with Gasteiger partial charge in [-0.2, -0.15) is 0 Å². The number of aromatic nitrogens is 1. The number of hydrogen-bond donors (Lipinski definition) is 2. The molecule has 3 heterocycles. The number of ether oxygens (including phenoxy) is 1. The second kappa shape index (κ2) is 7.95. The standard InChI is InChI=1S/C24H39N5O/c1-16-14-29(15-17(2)30-16)21-6-8-28(9-7-21)23-5-4-22(18(3)26-23)27-20-12-24(13-20)10-19(25)11-24/h4-5,16-17,19-21,27H,6-15,25H2,1-3H3. The molecule has 2 saturated carbocycles. The minimum Gasteiger partial charge on any atom is -0.381 e. The van der Waals surface area contributed by atoms with Gasteiger partial charge in [-0.05, 0) is 76.8 Å². The summed E-state index contributed by atoms with van der Waals surface area (Å²) in [5, 5.41) is 3.73. The molecular formula is C24H39N5O. The Hall–Kier alpha value is -1.37. The highest BCUT2D eigenvalue weighted by Crippen LogP contribution is 2.55. The predicted molar refractivity (Wildman–Crippen MR) is 122 cm³/mol. The largest absolute Gasteiger partial charge is 0.381 e. The fourth-order valence-electron chi connectivity index (χ4n) is 6.55. The Balaban J connectivity index is 1.13. The van der Waals surface area contributed by atoms with Crippen LogP contribution >= 0.6 is 0 Å². The molecular weight excluding hydrogens is 374 g/mol. The lowest BCUT2D eigenvalue weighted by Crippen LogP contribution is -2.57. The average molecular weight is 414 g/mol. The van der Waals surface area contributed by atoms with E-state index in [1.807, 2.05) is 0 Å². The maximum Gasteiger partial charge on any atom is 0.128 e. The maximum atomic E-state index is 5.99. The fraction of sp³-hybridized carbons (Fsp3) is 0.792. The molecule has 0 bridgehead atoms. The third kappa shape index (κ3) is 4.06. The van der Waals surface area contributed by atoms with Gasteiger partial charge in [0.2, 0.25) is 0 Å². The van der Waals surface area contributed by atoms with E-state index in [2.05, 4.69) is 48.0 Å². The summed E-state index contributed by atoms with van der Waals surface area (Å²) < 4.78 is 5.91. The van der Waals surface area contributed by atoms with E-state index in [0.29, 0.717) is 35.7 Å². The number of aryl methyl sites for hydroxylation is 1. The van der Waals surface area contributed by atoms with Crippen molar-refractivity contribution in [2.24, 2.45) is 11.1 Å². The number of anilines is 2. The van der Waals surface area contributed by atoms with Crippen LogP contribution in [0, 0.1) is 12.3 Å². The zero-order valence-corrected chi connectivity index (χ0v) is 18.9. The van der Waals surface area contributed by atoms with Crippen molar-refractivity contribution in [2.75, 3.05) is 36.4 Å². The Labute approximate surface area is 181 Å². The number of nitrogens with two attached hydrogens (primary N) is 1. The first-order chi connectivity index (χ1) is 14.4. The van der Waals surface area contributed by atoms with Gasteiger partial charge in [-0.15, -0.1) is 0 Å². The summed E-state index contributed by atoms with van der Waals surface area (Å²) in [6.07, 6.45) is 8.12. The molecule has 5 rings (SSSR count). The first kappa shape index (κ1) is 20.5. The molecule has 1 aromatic heterocycles. The summed E-state index contributed by atoms with van der Waals surface area (Å²) in [6, 6.07) is 6.18. The van der Waals surface area contributed by atoms with Gasteiger partial charge in [-0.25, -0.2) is 4.98 Å². The van der Waals surface area contributed by atoms with Gasteiger partial charge < -0.3 is 20.7 Å². The van der Waals surface area contributed by atoms with E-state index in [-0.39, 0.29) is 0 Å². The van der Waals surface area contributed by atoms with Crippen molar-refractivity contribution < 1.29 is 4.74 Å². The molecule has 2 aliphatic heterocycles. The number of rotatable bonds is 4. The normalized spacial score (nSPS) is 37.7. The fourth-order valence-corrected chi connectivity index (χ4v) is 6.55. The van der Waals surface area contributed by atoms with Crippen LogP contribution in [0.15, 0.2) is 12.1 Å². The van der Waals surface area contributed by atoms with Gasteiger partial charge in [0.05, 0.1) is 23.6 Å². The SMILES string of the molecule is Cc1nc(N2CCC(N3CC(C)OC(C)C3)CC2)ccc1NC1CC2(CC(N)C2)C1. The highest BCUT2D eigenvalue weighted by atomic mass is 16.5. The van der Waals surface area contributed by atoms with Gasteiger partial charge in [-0.1, -0.05) is 0 Å². The van der Waals surface area contributed by atoms with Crippen molar-refractivity contribution in [2.45, 2.75) is 89.6 Å². The second-order valence-electron chi connectivity index (χ2n) is 10.6. The van der Waals surface area contributed by atoms with Crippen LogP contribution in [0.5, 0.6) is 0 Å². The summed E-state index contributed by atoms with van der Waals surface area (Å²) in [5.41, 5.74) is 8.89. The van der Waals surface area contributed by atoms with E-state index >= 15 is 0 Å². The van der Waals surface area contributed by atoms with Crippen LogP contribution in [0.3, 0.4) is 0 Å². The van der Waals surface area contributed by atoms with Crippen LogP contribution in [0.25, 0.3) is 0 Å². The predicted octanol–water partition coefficient (Wildman–Crippen LogP) is 3.15. The molecule has 3 N–H and O–H groups in total. The van der Waals surface area contributed by atoms with Gasteiger partial charge in [0.15, 0.2) is 0 Å². The highest BCUT2D eigenvalue weighted by molar-refractivity contribution is 5.54. The number of piperidine rings is 1. The van der Waals surface area contributed by atoms with E-state index in [1.54, 1.807) is 0 Å². The zero-order chi connectivity index (χ0) is 20.9. The van der Waals surface area contributed by atoms with Crippen LogP contribution in [0.4, 0.5) is 11.5 Å². The van der Waals surface area contributed by atoms with E-state index in [0.717, 1.165) is 37.7 Å². The Morgan fingerprint density at radius 3 is 2.33 bits per heavy atom. The lowest BCUT2D eigenvalue weighted by molar-refractivity contribution is -0.0826. The van der Waals surface area contributed by atoms with Crippen LogP contribution in [0.2, 0.25) is 0 Å². The van der Waals surface area contributed by atoms with Gasteiger partial charge in [0.25, 0.3) is 0 Å². The number of hydrogen-bond acceptors (Lipinski definition) is 6. The molecule has 2 unspecified atom stereocenters. The maximum absolute atomic E-state index is 5.99. The molecule has 1 aromatic rings. The van der Waals surface area contributed by atoms with E-state index in [4.69, 9.17) is 15.5 Å². The van der Waals surface area contributed by atoms with Crippen molar-refractivity contribution in [3.8, 4) is 0 Å². The summed E-state index contributed by atoms with van der Waals surface area (Å²) in [5.74, 6) is 1.13. The van der Waals surface area contributed by atoms with Crippen molar-refractivity contribution >= 4 is 11.5 Å². The molecule has 0 aromatic carbocycles. The Morgan fingerprint density at radius 2 is 1.73 bits per heavy atom. The summed E-state index contributed by atoms with van der Waals surface area (Å²) >= 11 is 0. The molecule has 6 heteroatoms. The molecule has 4 aliphatic rings. The quantitative estimate of drug-likeness (QED) is 0.790. The first-order valence-corrected chi connectivity index (χ1v) is 12.0. The smallest absolute Gasteiger partial charge is 0.128 e. The molecule has 2 aliphatic carbocycles. The lowest BCUT2D eigenvalue weighted by Gasteiger charge is -2.57. The molecule has 4 fully saturated rings. The molecule has 30 heavy (non-hydrogen) atoms. The van der Waals surface area contributed by atoms with Gasteiger partial charge in [-0.3, -0.25) is 4.90 Å². The molecule has 1 spiro atoms. The van der Waals surface area contributed by atoms with E-state index < -0.39 is 0 Å². The number of pyridine rings is 1. The van der Waals surface area contributed by atoms with Crippen molar-refractivity contribution in [3.05, 3.63) is 17.8 Å². The molecule has 2 saturated heterocycles. The van der Waals surface area contributed by atoms with Crippen LogP contribution in [-0.2, 0) is 4.74 Å².